The van der Waals surface area contributed by atoms with E-state index in [4.69, 9.17) is 4.74 Å². The highest BCUT2D eigenvalue weighted by atomic mass is 16.5. The van der Waals surface area contributed by atoms with Gasteiger partial charge in [-0.25, -0.2) is 4.98 Å². The molecule has 0 radical (unpaired) electrons. The fraction of sp³-hybridized carbons (Fsp3) is 0.0400. The van der Waals surface area contributed by atoms with Crippen molar-refractivity contribution in [3.63, 3.8) is 0 Å². The quantitative estimate of drug-likeness (QED) is 0.321. The zero-order chi connectivity index (χ0) is 19.9. The van der Waals surface area contributed by atoms with E-state index in [1.54, 1.807) is 18.6 Å². The first-order valence-electron chi connectivity index (χ1n) is 9.35. The number of hydrogen-bond donors (Lipinski definition) is 0. The molecule has 0 N–H and O–H groups in total. The van der Waals surface area contributed by atoms with E-state index >= 15 is 0 Å². The van der Waals surface area contributed by atoms with Crippen LogP contribution in [0.15, 0.2) is 104 Å². The Labute approximate surface area is 169 Å². The van der Waals surface area contributed by atoms with Crippen molar-refractivity contribution in [2.24, 2.45) is 0 Å². The van der Waals surface area contributed by atoms with E-state index in [0.717, 1.165) is 22.6 Å². The van der Waals surface area contributed by atoms with Crippen molar-refractivity contribution in [2.75, 3.05) is 0 Å². The minimum absolute atomic E-state index is 0.0356. The number of ketones is 1. The van der Waals surface area contributed by atoms with Crippen molar-refractivity contribution in [2.45, 2.75) is 6.61 Å². The van der Waals surface area contributed by atoms with Crippen LogP contribution in [-0.2, 0) is 6.61 Å². The Hall–Kier alpha value is -3.92. The second-order valence-corrected chi connectivity index (χ2v) is 6.56. The second kappa shape index (κ2) is 8.85. The molecule has 1 heterocycles. The number of imidazole rings is 1. The van der Waals surface area contributed by atoms with E-state index in [2.05, 4.69) is 4.98 Å². The summed E-state index contributed by atoms with van der Waals surface area (Å²) in [6, 6.07) is 25.2. The van der Waals surface area contributed by atoms with E-state index in [0.29, 0.717) is 12.2 Å². The van der Waals surface area contributed by atoms with E-state index in [9.17, 15) is 4.79 Å². The highest BCUT2D eigenvalue weighted by Gasteiger charge is 2.03. The van der Waals surface area contributed by atoms with Gasteiger partial charge in [-0.1, -0.05) is 48.5 Å². The van der Waals surface area contributed by atoms with Crippen molar-refractivity contribution in [1.82, 2.24) is 9.55 Å². The highest BCUT2D eigenvalue weighted by molar-refractivity contribution is 6.06. The van der Waals surface area contributed by atoms with Crippen LogP contribution in [0.25, 0.3) is 11.8 Å². The van der Waals surface area contributed by atoms with Crippen LogP contribution in [0.4, 0.5) is 0 Å². The molecular formula is C25H20N2O2. The van der Waals surface area contributed by atoms with Gasteiger partial charge >= 0.3 is 0 Å². The predicted molar refractivity (Wildman–Crippen MR) is 114 cm³/mol. The first kappa shape index (κ1) is 18.4. The van der Waals surface area contributed by atoms with Crippen molar-refractivity contribution in [3.05, 3.63) is 120 Å². The van der Waals surface area contributed by atoms with Gasteiger partial charge in [0, 0.05) is 23.6 Å². The van der Waals surface area contributed by atoms with Crippen LogP contribution in [0.5, 0.6) is 5.75 Å². The van der Waals surface area contributed by atoms with Crippen molar-refractivity contribution < 1.29 is 9.53 Å². The first-order chi connectivity index (χ1) is 14.3. The largest absolute Gasteiger partial charge is 0.489 e. The zero-order valence-corrected chi connectivity index (χ0v) is 15.8. The molecule has 0 amide bonds. The van der Waals surface area contributed by atoms with Gasteiger partial charge in [-0.3, -0.25) is 4.79 Å². The zero-order valence-electron chi connectivity index (χ0n) is 15.8. The molecule has 29 heavy (non-hydrogen) atoms. The van der Waals surface area contributed by atoms with Gasteiger partial charge in [0.15, 0.2) is 5.78 Å². The lowest BCUT2D eigenvalue weighted by molar-refractivity contribution is 0.104. The monoisotopic (exact) mass is 380 g/mol. The molecule has 0 fully saturated rings. The summed E-state index contributed by atoms with van der Waals surface area (Å²) in [5.41, 5.74) is 3.68. The van der Waals surface area contributed by atoms with Crippen LogP contribution in [0.2, 0.25) is 0 Å². The second-order valence-electron chi connectivity index (χ2n) is 6.56. The summed E-state index contributed by atoms with van der Waals surface area (Å²) < 4.78 is 7.68. The van der Waals surface area contributed by atoms with Crippen molar-refractivity contribution in [3.8, 4) is 11.4 Å². The Balaban J connectivity index is 1.35. The molecule has 4 aromatic rings. The summed E-state index contributed by atoms with van der Waals surface area (Å²) in [5, 5.41) is 0. The van der Waals surface area contributed by atoms with E-state index < -0.39 is 0 Å². The Morgan fingerprint density at radius 1 is 0.931 bits per heavy atom. The van der Waals surface area contributed by atoms with Crippen LogP contribution in [-0.4, -0.2) is 15.3 Å². The standard InChI is InChI=1S/C25H20N2O2/c28-25(22-9-11-23(12-10-22)27-17-16-26-19-27)15-8-20-6-13-24(14-7-20)29-18-21-4-2-1-3-5-21/h1-17,19H,18H2/b15-8+. The van der Waals surface area contributed by atoms with Gasteiger partial charge in [0.25, 0.3) is 0 Å². The van der Waals surface area contributed by atoms with Crippen LogP contribution < -0.4 is 4.74 Å². The van der Waals surface area contributed by atoms with Gasteiger partial charge in [0.05, 0.1) is 6.33 Å². The summed E-state index contributed by atoms with van der Waals surface area (Å²) in [4.78, 5) is 16.4. The third-order valence-corrected chi connectivity index (χ3v) is 4.51. The molecule has 0 saturated carbocycles. The van der Waals surface area contributed by atoms with Gasteiger partial charge in [0.1, 0.15) is 12.4 Å². The minimum atomic E-state index is -0.0356. The van der Waals surface area contributed by atoms with Crippen molar-refractivity contribution in [1.29, 1.82) is 0 Å². The van der Waals surface area contributed by atoms with E-state index in [1.165, 1.54) is 0 Å². The SMILES string of the molecule is O=C(/C=C/c1ccc(OCc2ccccc2)cc1)c1ccc(-n2ccnc2)cc1. The lowest BCUT2D eigenvalue weighted by Gasteiger charge is -2.06. The molecule has 142 valence electrons. The van der Waals surface area contributed by atoms with Gasteiger partial charge in [-0.05, 0) is 53.6 Å². The Bertz CT molecular complexity index is 1080. The molecule has 3 aromatic carbocycles. The summed E-state index contributed by atoms with van der Waals surface area (Å²) in [5.74, 6) is 0.763. The number of allylic oxidation sites excluding steroid dienone is 1. The average molecular weight is 380 g/mol. The summed E-state index contributed by atoms with van der Waals surface area (Å²) in [7, 11) is 0. The smallest absolute Gasteiger partial charge is 0.185 e. The fourth-order valence-electron chi connectivity index (χ4n) is 2.89. The molecule has 0 unspecified atom stereocenters. The molecule has 0 aliphatic heterocycles. The summed E-state index contributed by atoms with van der Waals surface area (Å²) in [6.45, 7) is 0.531. The maximum absolute atomic E-state index is 12.4. The Kier molecular flexibility index (Phi) is 5.63. The number of nitrogens with zero attached hydrogens (tertiary/aromatic N) is 2. The van der Waals surface area contributed by atoms with Gasteiger partial charge in [-0.15, -0.1) is 0 Å². The van der Waals surface area contributed by atoms with Crippen LogP contribution >= 0.6 is 0 Å². The van der Waals surface area contributed by atoms with Crippen LogP contribution in [0, 0.1) is 0 Å². The molecule has 0 aliphatic rings. The fourth-order valence-corrected chi connectivity index (χ4v) is 2.89. The number of carbonyl (C=O) groups excluding carboxylic acids is 1. The third-order valence-electron chi connectivity index (χ3n) is 4.51. The number of benzene rings is 3. The molecule has 0 spiro atoms. The molecular weight excluding hydrogens is 360 g/mol. The summed E-state index contributed by atoms with van der Waals surface area (Å²) in [6.07, 6.45) is 8.72. The van der Waals surface area contributed by atoms with Gasteiger partial charge in [-0.2, -0.15) is 0 Å². The maximum atomic E-state index is 12.4. The van der Waals surface area contributed by atoms with E-state index in [1.807, 2.05) is 95.7 Å². The lowest BCUT2D eigenvalue weighted by atomic mass is 10.1. The molecule has 4 rings (SSSR count). The first-order valence-corrected chi connectivity index (χ1v) is 9.35. The molecule has 1 aromatic heterocycles. The number of rotatable bonds is 7. The number of aromatic nitrogens is 2. The maximum Gasteiger partial charge on any atom is 0.185 e. The normalized spacial score (nSPS) is 10.9. The summed E-state index contributed by atoms with van der Waals surface area (Å²) >= 11 is 0. The molecule has 0 saturated heterocycles. The topological polar surface area (TPSA) is 44.1 Å². The number of ether oxygens (including phenoxy) is 1. The van der Waals surface area contributed by atoms with Crippen LogP contribution in [0.3, 0.4) is 0 Å². The molecule has 0 aliphatic carbocycles. The molecule has 0 bridgehead atoms. The minimum Gasteiger partial charge on any atom is -0.489 e. The van der Waals surface area contributed by atoms with E-state index in [-0.39, 0.29) is 5.78 Å². The molecule has 4 heteroatoms. The van der Waals surface area contributed by atoms with Gasteiger partial charge < -0.3 is 9.30 Å². The number of hydrogen-bond acceptors (Lipinski definition) is 3. The molecule has 0 atom stereocenters. The Morgan fingerprint density at radius 2 is 1.69 bits per heavy atom. The Morgan fingerprint density at radius 3 is 2.38 bits per heavy atom. The predicted octanol–water partition coefficient (Wildman–Crippen LogP) is 5.35. The third kappa shape index (κ3) is 4.87. The van der Waals surface area contributed by atoms with Gasteiger partial charge in [0.2, 0.25) is 0 Å². The average Bonchev–Trinajstić information content (AvgIpc) is 3.33. The number of carbonyl (C=O) groups is 1. The highest BCUT2D eigenvalue weighted by Crippen LogP contribution is 2.16. The molecule has 4 nitrogen and oxygen atoms in total. The lowest BCUT2D eigenvalue weighted by Crippen LogP contribution is -1.96. The van der Waals surface area contributed by atoms with Crippen molar-refractivity contribution >= 4 is 11.9 Å². The van der Waals surface area contributed by atoms with Crippen LogP contribution in [0.1, 0.15) is 21.5 Å².